The molecule has 0 atom stereocenters. The normalized spacial score (nSPS) is 10.1. The van der Waals surface area contributed by atoms with Crippen LogP contribution in [0.5, 0.6) is 0 Å². The number of anilines is 1. The van der Waals surface area contributed by atoms with Gasteiger partial charge in [-0.3, -0.25) is 0 Å². The van der Waals surface area contributed by atoms with E-state index in [4.69, 9.17) is 34.2 Å². The monoisotopic (exact) mass is 277 g/mol. The zero-order valence-corrected chi connectivity index (χ0v) is 10.8. The van der Waals surface area contributed by atoms with E-state index in [0.29, 0.717) is 21.4 Å². The van der Waals surface area contributed by atoms with Crippen molar-refractivity contribution >= 4 is 29.0 Å². The van der Waals surface area contributed by atoms with Crippen LogP contribution in [0.15, 0.2) is 30.5 Å². The van der Waals surface area contributed by atoms with Gasteiger partial charge in [-0.05, 0) is 23.8 Å². The quantitative estimate of drug-likeness (QED) is 0.910. The van der Waals surface area contributed by atoms with Gasteiger partial charge in [-0.2, -0.15) is 5.26 Å². The first-order chi connectivity index (χ1) is 8.61. The van der Waals surface area contributed by atoms with Crippen LogP contribution in [0.1, 0.15) is 5.56 Å². The zero-order valence-electron chi connectivity index (χ0n) is 9.32. The number of nitrogen functional groups attached to an aromatic ring is 1. The molecule has 0 aliphatic rings. The maximum atomic E-state index is 8.69. The lowest BCUT2D eigenvalue weighted by molar-refractivity contribution is 1.20. The van der Waals surface area contributed by atoms with Gasteiger partial charge in [0.2, 0.25) is 0 Å². The van der Waals surface area contributed by atoms with E-state index in [-0.39, 0.29) is 6.42 Å². The summed E-state index contributed by atoms with van der Waals surface area (Å²) in [5, 5.41) is 9.75. The minimum atomic E-state index is 0.283. The second-order valence-corrected chi connectivity index (χ2v) is 4.58. The number of rotatable bonds is 2. The molecule has 0 spiro atoms. The lowest BCUT2D eigenvalue weighted by Gasteiger charge is -2.08. The molecule has 1 aromatic heterocycles. The lowest BCUT2D eigenvalue weighted by atomic mass is 10.0. The summed E-state index contributed by atoms with van der Waals surface area (Å²) in [4.78, 5) is 4.07. The third kappa shape index (κ3) is 2.56. The van der Waals surface area contributed by atoms with Crippen molar-refractivity contribution in [3.05, 3.63) is 46.1 Å². The third-order valence-electron chi connectivity index (χ3n) is 2.48. The summed E-state index contributed by atoms with van der Waals surface area (Å²) in [6, 6.07) is 9.06. The molecule has 3 nitrogen and oxygen atoms in total. The summed E-state index contributed by atoms with van der Waals surface area (Å²) in [6.07, 6.45) is 1.87. The predicted octanol–water partition coefficient (Wildman–Crippen LogP) is 3.70. The number of hydrogen-bond acceptors (Lipinski definition) is 3. The van der Waals surface area contributed by atoms with Crippen molar-refractivity contribution in [2.75, 3.05) is 5.73 Å². The molecule has 2 rings (SSSR count). The number of nitrogens with two attached hydrogens (primary N) is 1. The predicted molar refractivity (Wildman–Crippen MR) is 73.4 cm³/mol. The number of halogens is 2. The molecular formula is C13H9Cl2N3. The molecule has 0 saturated carbocycles. The molecule has 0 radical (unpaired) electrons. The van der Waals surface area contributed by atoms with E-state index in [2.05, 4.69) is 11.1 Å². The number of nitrogens with zero attached hydrogens (tertiary/aromatic N) is 2. The fourth-order valence-corrected chi connectivity index (χ4v) is 2.14. The van der Waals surface area contributed by atoms with Crippen LogP contribution in [0.4, 0.5) is 5.82 Å². The van der Waals surface area contributed by atoms with Gasteiger partial charge in [-0.15, -0.1) is 0 Å². The Morgan fingerprint density at radius 3 is 2.67 bits per heavy atom. The summed E-state index contributed by atoms with van der Waals surface area (Å²) in [7, 11) is 0. The van der Waals surface area contributed by atoms with Crippen molar-refractivity contribution in [2.24, 2.45) is 0 Å². The summed E-state index contributed by atoms with van der Waals surface area (Å²) >= 11 is 12.0. The fourth-order valence-electron chi connectivity index (χ4n) is 1.63. The number of hydrogen-bond donors (Lipinski definition) is 1. The number of aromatic nitrogens is 1. The van der Waals surface area contributed by atoms with Gasteiger partial charge in [-0.25, -0.2) is 4.98 Å². The Bertz CT molecular complexity index is 633. The van der Waals surface area contributed by atoms with Crippen LogP contribution < -0.4 is 5.73 Å². The first-order valence-electron chi connectivity index (χ1n) is 5.18. The molecule has 0 fully saturated rings. The number of nitriles is 1. The van der Waals surface area contributed by atoms with Crippen LogP contribution in [0.2, 0.25) is 10.0 Å². The topological polar surface area (TPSA) is 62.7 Å². The second-order valence-electron chi connectivity index (χ2n) is 3.74. The highest BCUT2D eigenvalue weighted by Crippen LogP contribution is 2.33. The first kappa shape index (κ1) is 12.7. The first-order valence-corrected chi connectivity index (χ1v) is 5.94. The maximum Gasteiger partial charge on any atom is 0.131 e. The molecule has 1 heterocycles. The molecule has 0 bridgehead atoms. The minimum absolute atomic E-state index is 0.283. The third-order valence-corrected chi connectivity index (χ3v) is 3.03. The SMILES string of the molecule is N#CCc1cnc(N)c(-c2ccc(Cl)cc2Cl)c1. The second kappa shape index (κ2) is 5.26. The van der Waals surface area contributed by atoms with E-state index in [0.717, 1.165) is 11.1 Å². The van der Waals surface area contributed by atoms with Gasteiger partial charge in [-0.1, -0.05) is 29.3 Å². The molecule has 0 amide bonds. The molecule has 0 aliphatic carbocycles. The Hall–Kier alpha value is -1.76. The van der Waals surface area contributed by atoms with Gasteiger partial charge in [0.25, 0.3) is 0 Å². The molecular weight excluding hydrogens is 269 g/mol. The van der Waals surface area contributed by atoms with Gasteiger partial charge in [0.1, 0.15) is 5.82 Å². The summed E-state index contributed by atoms with van der Waals surface area (Å²) in [5.41, 5.74) is 8.11. The molecule has 0 unspecified atom stereocenters. The molecule has 90 valence electrons. The highest BCUT2D eigenvalue weighted by Gasteiger charge is 2.09. The van der Waals surface area contributed by atoms with E-state index in [1.807, 2.05) is 6.07 Å². The summed E-state index contributed by atoms with van der Waals surface area (Å²) < 4.78 is 0. The Morgan fingerprint density at radius 1 is 1.22 bits per heavy atom. The number of benzene rings is 1. The van der Waals surface area contributed by atoms with Crippen molar-refractivity contribution < 1.29 is 0 Å². The zero-order chi connectivity index (χ0) is 13.1. The van der Waals surface area contributed by atoms with E-state index in [1.165, 1.54) is 0 Å². The Balaban J connectivity index is 2.56. The van der Waals surface area contributed by atoms with E-state index >= 15 is 0 Å². The number of pyridine rings is 1. The van der Waals surface area contributed by atoms with Gasteiger partial charge in [0.05, 0.1) is 17.5 Å². The lowest BCUT2D eigenvalue weighted by Crippen LogP contribution is -1.96. The smallest absolute Gasteiger partial charge is 0.131 e. The van der Waals surface area contributed by atoms with Crippen molar-refractivity contribution in [3.8, 4) is 17.2 Å². The molecule has 18 heavy (non-hydrogen) atoms. The van der Waals surface area contributed by atoms with Crippen LogP contribution in [-0.4, -0.2) is 4.98 Å². The van der Waals surface area contributed by atoms with E-state index < -0.39 is 0 Å². The standard InChI is InChI=1S/C13H9Cl2N3/c14-9-1-2-10(12(15)6-9)11-5-8(3-4-16)7-18-13(11)17/h1-2,5-7H,3H2,(H2,17,18). The van der Waals surface area contributed by atoms with Crippen molar-refractivity contribution in [1.82, 2.24) is 4.98 Å². The summed E-state index contributed by atoms with van der Waals surface area (Å²) in [5.74, 6) is 0.376. The Labute approximate surface area is 115 Å². The van der Waals surface area contributed by atoms with Gasteiger partial charge in [0.15, 0.2) is 0 Å². The Morgan fingerprint density at radius 2 is 2.00 bits per heavy atom. The van der Waals surface area contributed by atoms with Crippen LogP contribution in [0.25, 0.3) is 11.1 Å². The summed E-state index contributed by atoms with van der Waals surface area (Å²) in [6.45, 7) is 0. The van der Waals surface area contributed by atoms with Crippen LogP contribution in [0.3, 0.4) is 0 Å². The minimum Gasteiger partial charge on any atom is -0.383 e. The maximum absolute atomic E-state index is 8.69. The van der Waals surface area contributed by atoms with Crippen molar-refractivity contribution in [2.45, 2.75) is 6.42 Å². The van der Waals surface area contributed by atoms with E-state index in [1.54, 1.807) is 24.4 Å². The fraction of sp³-hybridized carbons (Fsp3) is 0.0769. The van der Waals surface area contributed by atoms with Crippen LogP contribution in [0, 0.1) is 11.3 Å². The molecule has 2 N–H and O–H groups in total. The molecule has 5 heteroatoms. The largest absolute Gasteiger partial charge is 0.383 e. The van der Waals surface area contributed by atoms with Crippen molar-refractivity contribution in [3.63, 3.8) is 0 Å². The van der Waals surface area contributed by atoms with Crippen molar-refractivity contribution in [1.29, 1.82) is 5.26 Å². The molecule has 1 aromatic carbocycles. The van der Waals surface area contributed by atoms with Crippen LogP contribution >= 0.6 is 23.2 Å². The van der Waals surface area contributed by atoms with Gasteiger partial charge >= 0.3 is 0 Å². The Kier molecular flexibility index (Phi) is 3.71. The average molecular weight is 278 g/mol. The highest BCUT2D eigenvalue weighted by atomic mass is 35.5. The molecule has 0 aliphatic heterocycles. The van der Waals surface area contributed by atoms with Crippen LogP contribution in [-0.2, 0) is 6.42 Å². The van der Waals surface area contributed by atoms with Gasteiger partial charge in [0, 0.05) is 22.3 Å². The van der Waals surface area contributed by atoms with Gasteiger partial charge < -0.3 is 5.73 Å². The highest BCUT2D eigenvalue weighted by molar-refractivity contribution is 6.36. The average Bonchev–Trinajstić information content (AvgIpc) is 2.33. The molecule has 2 aromatic rings. The molecule has 0 saturated heterocycles. The van der Waals surface area contributed by atoms with E-state index in [9.17, 15) is 0 Å².